The first kappa shape index (κ1) is 25.7. The van der Waals surface area contributed by atoms with E-state index in [1.165, 1.54) is 6.21 Å². The third kappa shape index (κ3) is 6.66. The Bertz CT molecular complexity index is 1340. The van der Waals surface area contributed by atoms with E-state index >= 15 is 0 Å². The molecule has 35 heavy (non-hydrogen) atoms. The van der Waals surface area contributed by atoms with Crippen molar-refractivity contribution in [1.82, 2.24) is 5.43 Å². The lowest BCUT2D eigenvalue weighted by molar-refractivity contribution is -0.123. The van der Waals surface area contributed by atoms with Crippen molar-refractivity contribution in [3.8, 4) is 23.0 Å². The Balaban J connectivity index is 1.42. The van der Waals surface area contributed by atoms with E-state index in [0.29, 0.717) is 36.8 Å². The molecule has 0 aliphatic carbocycles. The molecule has 0 fully saturated rings. The molecule has 180 valence electrons. The summed E-state index contributed by atoms with van der Waals surface area (Å²) in [5, 5.41) is 4.54. The summed E-state index contributed by atoms with van der Waals surface area (Å²) in [5.41, 5.74) is 3.11. The molecule has 0 spiro atoms. The van der Waals surface area contributed by atoms with E-state index in [9.17, 15) is 9.59 Å². The predicted octanol–water partition coefficient (Wildman–Crippen LogP) is 5.95. The fourth-order valence-electron chi connectivity index (χ4n) is 2.90. The highest BCUT2D eigenvalue weighted by molar-refractivity contribution is 14.1. The van der Waals surface area contributed by atoms with Gasteiger partial charge in [-0.2, -0.15) is 5.10 Å². The van der Waals surface area contributed by atoms with Gasteiger partial charge >= 0.3 is 5.97 Å². The maximum atomic E-state index is 12.8. The van der Waals surface area contributed by atoms with Crippen LogP contribution in [0.2, 0.25) is 5.02 Å². The van der Waals surface area contributed by atoms with E-state index in [1.807, 2.05) is 0 Å². The van der Waals surface area contributed by atoms with Crippen molar-refractivity contribution in [2.45, 2.75) is 0 Å². The average Bonchev–Trinajstić information content (AvgIpc) is 3.28. The summed E-state index contributed by atoms with van der Waals surface area (Å²) in [6.45, 7) is -0.147. The number of nitrogens with one attached hydrogen (secondary N) is 1. The SMILES string of the molecule is O=C(COc1ccc(Cl)cc1I)N/N=C/c1cc(Br)cc(Br)c1OC(=O)c1ccc2c(c1)OCO2. The van der Waals surface area contributed by atoms with E-state index in [1.54, 1.807) is 48.5 Å². The van der Waals surface area contributed by atoms with Crippen molar-refractivity contribution >= 4 is 84.1 Å². The number of hydrogen-bond donors (Lipinski definition) is 1. The van der Waals surface area contributed by atoms with Crippen molar-refractivity contribution in [3.63, 3.8) is 0 Å². The third-order valence-electron chi connectivity index (χ3n) is 4.49. The molecule has 4 rings (SSSR count). The zero-order valence-corrected chi connectivity index (χ0v) is 23.6. The number of nitrogens with zero attached hydrogens (tertiary/aromatic N) is 1. The van der Waals surface area contributed by atoms with Crippen LogP contribution < -0.4 is 24.4 Å². The molecule has 0 aromatic heterocycles. The molecule has 0 bridgehead atoms. The maximum Gasteiger partial charge on any atom is 0.343 e. The van der Waals surface area contributed by atoms with Gasteiger partial charge in [0.25, 0.3) is 5.91 Å². The highest BCUT2D eigenvalue weighted by atomic mass is 127. The number of benzene rings is 3. The van der Waals surface area contributed by atoms with Crippen molar-refractivity contribution in [2.75, 3.05) is 13.4 Å². The van der Waals surface area contributed by atoms with E-state index in [4.69, 9.17) is 30.5 Å². The van der Waals surface area contributed by atoms with Gasteiger partial charge in [0.05, 0.1) is 19.8 Å². The van der Waals surface area contributed by atoms with Gasteiger partial charge in [0.15, 0.2) is 23.9 Å². The lowest BCUT2D eigenvalue weighted by Gasteiger charge is -2.11. The van der Waals surface area contributed by atoms with E-state index in [0.717, 1.165) is 3.57 Å². The Hall–Kier alpha value is -2.35. The zero-order valence-electron chi connectivity index (χ0n) is 17.5. The van der Waals surface area contributed by atoms with Crippen LogP contribution in [0.15, 0.2) is 62.6 Å². The molecule has 0 saturated carbocycles. The first-order valence-electron chi connectivity index (χ1n) is 9.81. The summed E-state index contributed by atoms with van der Waals surface area (Å²) in [6.07, 6.45) is 1.36. The number of esters is 1. The quantitative estimate of drug-likeness (QED) is 0.106. The lowest BCUT2D eigenvalue weighted by atomic mass is 10.2. The molecule has 0 unspecified atom stereocenters. The number of halogens is 4. The lowest BCUT2D eigenvalue weighted by Crippen LogP contribution is -2.24. The van der Waals surface area contributed by atoms with Crippen LogP contribution in [0.25, 0.3) is 0 Å². The van der Waals surface area contributed by atoms with Gasteiger partial charge in [0.1, 0.15) is 5.75 Å². The fraction of sp³-hybridized carbons (Fsp3) is 0.0870. The predicted molar refractivity (Wildman–Crippen MR) is 145 cm³/mol. The Morgan fingerprint density at radius 3 is 2.71 bits per heavy atom. The maximum absolute atomic E-state index is 12.8. The van der Waals surface area contributed by atoms with Crippen molar-refractivity contribution in [3.05, 3.63) is 77.2 Å². The molecular weight excluding hydrogens is 722 g/mol. The Morgan fingerprint density at radius 1 is 1.11 bits per heavy atom. The monoisotopic (exact) mass is 734 g/mol. The van der Waals surface area contributed by atoms with E-state index < -0.39 is 11.9 Å². The van der Waals surface area contributed by atoms with Crippen LogP contribution in [0.5, 0.6) is 23.0 Å². The van der Waals surface area contributed by atoms with Crippen LogP contribution in [-0.4, -0.2) is 31.5 Å². The van der Waals surface area contributed by atoms with Crippen LogP contribution in [0.1, 0.15) is 15.9 Å². The molecule has 3 aromatic rings. The van der Waals surface area contributed by atoms with Gasteiger partial charge in [-0.05, 0) is 87.1 Å². The summed E-state index contributed by atoms with van der Waals surface area (Å²) in [6, 6.07) is 13.3. The molecule has 0 radical (unpaired) electrons. The molecular formula is C23H14Br2ClIN2O6. The molecule has 0 saturated heterocycles. The summed E-state index contributed by atoms with van der Waals surface area (Å²) in [4.78, 5) is 24.9. The van der Waals surface area contributed by atoms with Gasteiger partial charge in [-0.3, -0.25) is 4.79 Å². The number of hydrazone groups is 1. The van der Waals surface area contributed by atoms with Crippen LogP contribution in [0.3, 0.4) is 0 Å². The second-order valence-electron chi connectivity index (χ2n) is 6.92. The summed E-state index contributed by atoms with van der Waals surface area (Å²) in [5.74, 6) is 0.707. The minimum atomic E-state index is -0.601. The number of ether oxygens (including phenoxy) is 4. The summed E-state index contributed by atoms with van der Waals surface area (Å²) < 4.78 is 23.7. The smallest absolute Gasteiger partial charge is 0.343 e. The first-order chi connectivity index (χ1) is 16.8. The summed E-state index contributed by atoms with van der Waals surface area (Å²) >= 11 is 14.8. The Morgan fingerprint density at radius 2 is 1.91 bits per heavy atom. The van der Waals surface area contributed by atoms with E-state index in [-0.39, 0.29) is 24.7 Å². The van der Waals surface area contributed by atoms with Crippen molar-refractivity contribution < 1.29 is 28.5 Å². The van der Waals surface area contributed by atoms with Crippen LogP contribution in [-0.2, 0) is 4.79 Å². The standard InChI is InChI=1S/C23H14Br2ClIN2O6/c24-14-5-13(9-28-29-21(30)10-32-18-4-2-15(26)8-17(18)27)22(16(25)7-14)35-23(31)12-1-3-19-20(6-12)34-11-33-19/h1-9H,10-11H2,(H,29,30)/b28-9+. The average molecular weight is 737 g/mol. The van der Waals surface area contributed by atoms with Gasteiger partial charge in [0.2, 0.25) is 6.79 Å². The molecule has 1 N–H and O–H groups in total. The van der Waals surface area contributed by atoms with Gasteiger partial charge in [-0.25, -0.2) is 10.2 Å². The summed E-state index contributed by atoms with van der Waals surface area (Å²) in [7, 11) is 0. The molecule has 1 amide bonds. The van der Waals surface area contributed by atoms with Crippen molar-refractivity contribution in [1.29, 1.82) is 0 Å². The minimum Gasteiger partial charge on any atom is -0.483 e. The first-order valence-corrected chi connectivity index (χ1v) is 12.8. The molecule has 1 heterocycles. The van der Waals surface area contributed by atoms with Gasteiger partial charge in [-0.15, -0.1) is 0 Å². The van der Waals surface area contributed by atoms with Crippen LogP contribution in [0, 0.1) is 3.57 Å². The molecule has 3 aromatic carbocycles. The Kier molecular flexibility index (Phi) is 8.52. The normalized spacial score (nSPS) is 12.0. The van der Waals surface area contributed by atoms with Gasteiger partial charge in [-0.1, -0.05) is 27.5 Å². The number of carbonyl (C=O) groups is 2. The molecule has 8 nitrogen and oxygen atoms in total. The molecule has 1 aliphatic rings. The number of amides is 1. The number of hydrogen-bond acceptors (Lipinski definition) is 7. The van der Waals surface area contributed by atoms with Crippen LogP contribution >= 0.6 is 66.1 Å². The van der Waals surface area contributed by atoms with Gasteiger partial charge in [0, 0.05) is 15.1 Å². The number of carbonyl (C=O) groups excluding carboxylic acids is 2. The fourth-order valence-corrected chi connectivity index (χ4v) is 5.27. The Labute approximate surface area is 235 Å². The number of fused-ring (bicyclic) bond motifs is 1. The molecule has 1 aliphatic heterocycles. The zero-order chi connectivity index (χ0) is 24.9. The largest absolute Gasteiger partial charge is 0.483 e. The third-order valence-corrected chi connectivity index (χ3v) is 6.61. The topological polar surface area (TPSA) is 95.5 Å². The van der Waals surface area contributed by atoms with Gasteiger partial charge < -0.3 is 18.9 Å². The minimum absolute atomic E-state index is 0.0996. The number of rotatable bonds is 7. The highest BCUT2D eigenvalue weighted by Gasteiger charge is 2.19. The second-order valence-corrected chi connectivity index (χ2v) is 10.3. The van der Waals surface area contributed by atoms with Crippen molar-refractivity contribution in [2.24, 2.45) is 5.10 Å². The molecule has 12 heteroatoms. The van der Waals surface area contributed by atoms with E-state index in [2.05, 4.69) is 65.0 Å². The second kappa shape index (κ2) is 11.6. The highest BCUT2D eigenvalue weighted by Crippen LogP contribution is 2.35. The van der Waals surface area contributed by atoms with Crippen LogP contribution in [0.4, 0.5) is 0 Å². The molecule has 0 atom stereocenters.